The van der Waals surface area contributed by atoms with Gasteiger partial charge in [-0.1, -0.05) is 28.9 Å². The van der Waals surface area contributed by atoms with Gasteiger partial charge >= 0.3 is 18.3 Å². The van der Waals surface area contributed by atoms with Crippen molar-refractivity contribution >= 4 is 5.97 Å². The molecule has 0 heterocycles. The second-order valence-electron chi connectivity index (χ2n) is 1.87. The zero-order chi connectivity index (χ0) is 9.78. The summed E-state index contributed by atoms with van der Waals surface area (Å²) in [5, 5.41) is 0. The average Bonchev–Trinajstić information content (AvgIpc) is 2.00. The van der Waals surface area contributed by atoms with Crippen LogP contribution in [0.25, 0.3) is 0 Å². The fraction of sp³-hybridized carbons (Fsp3) is 0.667. The minimum atomic E-state index is -4.29. The van der Waals surface area contributed by atoms with Gasteiger partial charge in [-0.05, 0) is 0 Å². The predicted molar refractivity (Wildman–Crippen MR) is 52.3 cm³/mol. The number of alkyl halides is 4. The van der Waals surface area contributed by atoms with Crippen molar-refractivity contribution in [1.82, 2.24) is 0 Å². The number of hydrogen-bond donors (Lipinski definition) is 0. The van der Waals surface area contributed by atoms with E-state index in [0.717, 1.165) is 0 Å². The van der Waals surface area contributed by atoms with E-state index in [1.54, 1.807) is 0 Å². The number of halogens is 4. The molecule has 15 heavy (non-hydrogen) atoms. The number of carbonyl (C=O) groups is 1. The molecule has 0 atom stereocenters. The van der Waals surface area contributed by atoms with Crippen LogP contribution in [0.2, 0.25) is 0 Å². The number of hydrogen-bond acceptors (Lipinski definition) is 2. The van der Waals surface area contributed by atoms with E-state index in [9.17, 15) is 22.4 Å². The van der Waals surface area contributed by atoms with Gasteiger partial charge in [0.25, 0.3) is 0 Å². The molecular weight excluding hydrogens is 216 g/mol. The van der Waals surface area contributed by atoms with Gasteiger partial charge in [0, 0.05) is 6.08 Å². The van der Waals surface area contributed by atoms with E-state index in [2.05, 4.69) is 11.3 Å². The quantitative estimate of drug-likeness (QED) is 0.422. The first-order valence-electron chi connectivity index (χ1n) is 2.85. The molecule has 0 unspecified atom stereocenters. The molecule has 0 saturated carbocycles. The van der Waals surface area contributed by atoms with E-state index in [1.165, 1.54) is 0 Å². The highest BCUT2D eigenvalue weighted by atomic mass is 19.3. The lowest BCUT2D eigenvalue weighted by Gasteiger charge is -2.13. The van der Waals surface area contributed by atoms with Gasteiger partial charge in [0.15, 0.2) is 6.61 Å². The molecule has 0 saturated heterocycles. The molecule has 0 aromatic rings. The minimum absolute atomic E-state index is 0. The summed E-state index contributed by atoms with van der Waals surface area (Å²) >= 11 is 0. The number of ether oxygens (including phenoxy) is 1. The van der Waals surface area contributed by atoms with Gasteiger partial charge < -0.3 is 4.74 Å². The maximum atomic E-state index is 12.0. The van der Waals surface area contributed by atoms with Crippen LogP contribution in [0.15, 0.2) is 12.7 Å². The van der Waals surface area contributed by atoms with E-state index >= 15 is 0 Å². The van der Waals surface area contributed by atoms with Crippen LogP contribution in [-0.2, 0) is 9.53 Å². The monoisotopic (exact) mass is 234 g/mol. The van der Waals surface area contributed by atoms with Crippen LogP contribution in [0.4, 0.5) is 17.6 Å². The van der Waals surface area contributed by atoms with E-state index in [4.69, 9.17) is 0 Å². The van der Waals surface area contributed by atoms with E-state index in [1.807, 2.05) is 0 Å². The minimum Gasteiger partial charge on any atom is -0.456 e. The summed E-state index contributed by atoms with van der Waals surface area (Å²) in [4.78, 5) is 10.2. The van der Waals surface area contributed by atoms with Gasteiger partial charge in [-0.25, -0.2) is 13.6 Å². The largest absolute Gasteiger partial charge is 0.456 e. The maximum absolute atomic E-state index is 12.0. The Morgan fingerprint density at radius 1 is 1.33 bits per heavy atom. The van der Waals surface area contributed by atoms with Crippen molar-refractivity contribution in [3.8, 4) is 0 Å². The molecule has 0 amide bonds. The van der Waals surface area contributed by atoms with Crippen molar-refractivity contribution in [2.45, 2.75) is 34.6 Å². The predicted octanol–water partition coefficient (Wildman–Crippen LogP) is 3.52. The maximum Gasteiger partial charge on any atom is 0.340 e. The summed E-state index contributed by atoms with van der Waals surface area (Å²) in [6, 6.07) is 0. The zero-order valence-corrected chi connectivity index (χ0v) is 5.90. The molecule has 0 fully saturated rings. The van der Waals surface area contributed by atoms with Crippen molar-refractivity contribution in [3.05, 3.63) is 12.7 Å². The number of rotatable bonds is 4. The molecule has 0 aromatic heterocycles. The molecule has 0 aromatic carbocycles. The van der Waals surface area contributed by atoms with Crippen LogP contribution in [0.1, 0.15) is 22.3 Å². The van der Waals surface area contributed by atoms with Crippen LogP contribution in [-0.4, -0.2) is 24.9 Å². The summed E-state index contributed by atoms with van der Waals surface area (Å²) in [6.45, 7) is 1.27. The Kier molecular flexibility index (Phi) is 14.9. The normalized spacial score (nSPS) is 9.13. The molecule has 0 spiro atoms. The molecule has 2 nitrogen and oxygen atoms in total. The lowest BCUT2D eigenvalue weighted by molar-refractivity contribution is -0.175. The Bertz CT molecular complexity index is 181. The van der Waals surface area contributed by atoms with Crippen LogP contribution >= 0.6 is 0 Å². The third-order valence-corrected chi connectivity index (χ3v) is 0.893. The second-order valence-corrected chi connectivity index (χ2v) is 1.87. The van der Waals surface area contributed by atoms with Gasteiger partial charge in [-0.2, -0.15) is 8.78 Å². The summed E-state index contributed by atoms with van der Waals surface area (Å²) in [6.07, 6.45) is -3.23. The highest BCUT2D eigenvalue weighted by molar-refractivity contribution is 5.81. The first kappa shape index (κ1) is 23.6. The Labute approximate surface area is 87.9 Å². The standard InChI is InChI=1S/C6H6F4O2.3CH4/c1-2-4(11)12-3-6(9,10)5(7)8;;;/h2,5H,1,3H2;3*1H4. The van der Waals surface area contributed by atoms with E-state index < -0.39 is 24.9 Å². The van der Waals surface area contributed by atoms with Crippen molar-refractivity contribution in [3.63, 3.8) is 0 Å². The summed E-state index contributed by atoms with van der Waals surface area (Å²) < 4.78 is 50.5. The third-order valence-electron chi connectivity index (χ3n) is 0.893. The smallest absolute Gasteiger partial charge is 0.340 e. The molecule has 6 heteroatoms. The fourth-order valence-electron chi connectivity index (χ4n) is 0.289. The van der Waals surface area contributed by atoms with Gasteiger partial charge in [-0.15, -0.1) is 0 Å². The average molecular weight is 234 g/mol. The molecular formula is C9H18F4O2. The Morgan fingerprint density at radius 3 is 2.00 bits per heavy atom. The summed E-state index contributed by atoms with van der Waals surface area (Å²) in [5.41, 5.74) is 0. The Morgan fingerprint density at radius 2 is 1.73 bits per heavy atom. The van der Waals surface area contributed by atoms with Crippen molar-refractivity contribution < 1.29 is 27.1 Å². The molecule has 0 aliphatic heterocycles. The Balaban J connectivity index is -0.000000202. The topological polar surface area (TPSA) is 26.3 Å². The second kappa shape index (κ2) is 9.48. The first-order chi connectivity index (χ1) is 5.40. The Hall–Kier alpha value is -1.07. The lowest BCUT2D eigenvalue weighted by atomic mass is 10.4. The van der Waals surface area contributed by atoms with Crippen LogP contribution in [0.5, 0.6) is 0 Å². The third kappa shape index (κ3) is 9.24. The highest BCUT2D eigenvalue weighted by Gasteiger charge is 2.42. The molecule has 0 N–H and O–H groups in total. The van der Waals surface area contributed by atoms with Crippen molar-refractivity contribution in [1.29, 1.82) is 0 Å². The molecule has 0 bridgehead atoms. The van der Waals surface area contributed by atoms with Crippen LogP contribution in [0.3, 0.4) is 0 Å². The zero-order valence-electron chi connectivity index (χ0n) is 5.90. The van der Waals surface area contributed by atoms with E-state index in [0.29, 0.717) is 6.08 Å². The van der Waals surface area contributed by atoms with Gasteiger partial charge in [0.05, 0.1) is 0 Å². The molecule has 94 valence electrons. The molecule has 0 aliphatic carbocycles. The van der Waals surface area contributed by atoms with Crippen LogP contribution in [0, 0.1) is 0 Å². The SMILES string of the molecule is C.C.C.C=CC(=O)OCC(F)(F)C(F)F. The van der Waals surface area contributed by atoms with Crippen molar-refractivity contribution in [2.24, 2.45) is 0 Å². The summed E-state index contributed by atoms with van der Waals surface area (Å²) in [7, 11) is 0. The van der Waals surface area contributed by atoms with Gasteiger partial charge in [-0.3, -0.25) is 0 Å². The summed E-state index contributed by atoms with van der Waals surface area (Å²) in [5.74, 6) is -5.45. The van der Waals surface area contributed by atoms with Gasteiger partial charge in [0.1, 0.15) is 0 Å². The number of esters is 1. The molecule has 0 aliphatic rings. The fourth-order valence-corrected chi connectivity index (χ4v) is 0.289. The van der Waals surface area contributed by atoms with Gasteiger partial charge in [0.2, 0.25) is 0 Å². The lowest BCUT2D eigenvalue weighted by Crippen LogP contribution is -2.33. The van der Waals surface area contributed by atoms with E-state index in [-0.39, 0.29) is 22.3 Å². The van der Waals surface area contributed by atoms with Crippen molar-refractivity contribution in [2.75, 3.05) is 6.61 Å². The first-order valence-corrected chi connectivity index (χ1v) is 2.85. The van der Waals surface area contributed by atoms with Crippen LogP contribution < -0.4 is 0 Å². The number of carbonyl (C=O) groups excluding carboxylic acids is 1. The highest BCUT2D eigenvalue weighted by Crippen LogP contribution is 2.22. The molecule has 0 radical (unpaired) electrons. The molecule has 0 rings (SSSR count).